The van der Waals surface area contributed by atoms with E-state index in [1.54, 1.807) is 38.0 Å². The number of hydrogen-bond donors (Lipinski definition) is 0. The Kier molecular flexibility index (Phi) is 10.2. The van der Waals surface area contributed by atoms with E-state index in [1.807, 2.05) is 30.3 Å². The fourth-order valence-electron chi connectivity index (χ4n) is 4.55. The van der Waals surface area contributed by atoms with Crippen LogP contribution in [0.2, 0.25) is 10.2 Å². The summed E-state index contributed by atoms with van der Waals surface area (Å²) in [5, 5.41) is 9.65. The van der Waals surface area contributed by atoms with Crippen LogP contribution < -0.4 is 19.5 Å². The summed E-state index contributed by atoms with van der Waals surface area (Å²) in [6.45, 7) is 2.22. The third kappa shape index (κ3) is 7.00. The van der Waals surface area contributed by atoms with E-state index in [0.29, 0.717) is 58.7 Å². The van der Waals surface area contributed by atoms with E-state index in [2.05, 4.69) is 33.3 Å². The number of ether oxygens (including phenoxy) is 3. The molecule has 8 nitrogen and oxygen atoms in total. The summed E-state index contributed by atoms with van der Waals surface area (Å²) in [5.41, 5.74) is 3.97. The van der Waals surface area contributed by atoms with Crippen LogP contribution in [0.4, 0.5) is 0 Å². The number of hydrogen-bond acceptors (Lipinski definition) is 6. The van der Waals surface area contributed by atoms with Crippen LogP contribution in [0.25, 0.3) is 5.65 Å². The standard InChI is InChI=1S/C29H30BrCl2N4O4/c1-17(13-18-6-8-24(39-3)29(40-4)28(18)32)5-12-27(37)33-16-21-22(36-26(34-21)11-10-25(31)35-36)15-19-14-20(30)7-9-23(19)38-2/h6-11,14,17H,5,12-13,15-16H2,1-4H3. The van der Waals surface area contributed by atoms with Crippen LogP contribution in [-0.2, 0) is 24.2 Å². The Morgan fingerprint density at radius 2 is 1.77 bits per heavy atom. The van der Waals surface area contributed by atoms with Gasteiger partial charge in [-0.15, -0.1) is 0 Å². The molecule has 11 heteroatoms. The van der Waals surface area contributed by atoms with E-state index in [1.165, 1.54) is 0 Å². The third-order valence-corrected chi connectivity index (χ3v) is 7.72. The number of benzene rings is 2. The highest BCUT2D eigenvalue weighted by atomic mass is 79.9. The first-order valence-corrected chi connectivity index (χ1v) is 14.2. The number of imidazole rings is 1. The molecule has 40 heavy (non-hydrogen) atoms. The molecule has 2 aromatic carbocycles. The summed E-state index contributed by atoms with van der Waals surface area (Å²) >= 11 is 16.3. The van der Waals surface area contributed by atoms with Gasteiger partial charge in [-0.1, -0.05) is 52.1 Å². The summed E-state index contributed by atoms with van der Waals surface area (Å²) in [4.78, 5) is 17.5. The molecular formula is C29H30BrCl2N4O4. The predicted octanol–water partition coefficient (Wildman–Crippen LogP) is 6.71. The van der Waals surface area contributed by atoms with E-state index in [9.17, 15) is 4.79 Å². The van der Waals surface area contributed by atoms with Crippen molar-refractivity contribution in [3.8, 4) is 17.2 Å². The largest absolute Gasteiger partial charge is 0.496 e. The molecule has 0 aliphatic rings. The second-order valence-electron chi connectivity index (χ2n) is 9.40. The molecule has 2 aromatic heterocycles. The van der Waals surface area contributed by atoms with Gasteiger partial charge in [0.1, 0.15) is 10.9 Å². The highest BCUT2D eigenvalue weighted by Crippen LogP contribution is 2.38. The van der Waals surface area contributed by atoms with Crippen molar-refractivity contribution in [2.45, 2.75) is 39.2 Å². The summed E-state index contributed by atoms with van der Waals surface area (Å²) < 4.78 is 18.9. The molecular weight excluding hydrogens is 619 g/mol. The Labute approximate surface area is 252 Å². The minimum absolute atomic E-state index is 0.140. The smallest absolute Gasteiger partial charge is 0.241 e. The molecule has 0 aliphatic heterocycles. The number of carbonyl (C=O) groups excluding carboxylic acids is 1. The molecule has 2 heterocycles. The van der Waals surface area contributed by atoms with Crippen LogP contribution >= 0.6 is 39.1 Å². The van der Waals surface area contributed by atoms with Crippen LogP contribution in [0, 0.1) is 5.92 Å². The number of halogens is 3. The Hall–Kier alpha value is -3.01. The normalized spacial score (nSPS) is 11.9. The number of fused-ring (bicyclic) bond motifs is 1. The maximum Gasteiger partial charge on any atom is 0.241 e. The van der Waals surface area contributed by atoms with Crippen LogP contribution in [0.1, 0.15) is 42.3 Å². The van der Waals surface area contributed by atoms with Crippen molar-refractivity contribution < 1.29 is 19.0 Å². The lowest BCUT2D eigenvalue weighted by molar-refractivity contribution is -0.121. The van der Waals surface area contributed by atoms with Crippen molar-refractivity contribution in [3.05, 3.63) is 79.6 Å². The molecule has 0 saturated carbocycles. The molecule has 4 rings (SSSR count). The van der Waals surface area contributed by atoms with Gasteiger partial charge in [-0.25, -0.2) is 14.8 Å². The van der Waals surface area contributed by atoms with Crippen molar-refractivity contribution in [2.75, 3.05) is 21.3 Å². The van der Waals surface area contributed by atoms with Gasteiger partial charge in [0.25, 0.3) is 0 Å². The van der Waals surface area contributed by atoms with Gasteiger partial charge in [-0.3, -0.25) is 4.79 Å². The van der Waals surface area contributed by atoms with Crippen LogP contribution in [0.3, 0.4) is 0 Å². The summed E-state index contributed by atoms with van der Waals surface area (Å²) in [7, 11) is 4.76. The predicted molar refractivity (Wildman–Crippen MR) is 159 cm³/mol. The molecule has 0 saturated heterocycles. The first kappa shape index (κ1) is 30.0. The molecule has 0 N–H and O–H groups in total. The van der Waals surface area contributed by atoms with Crippen LogP contribution in [0.5, 0.6) is 17.2 Å². The van der Waals surface area contributed by atoms with Crippen molar-refractivity contribution in [1.82, 2.24) is 19.9 Å². The third-order valence-electron chi connectivity index (χ3n) is 6.61. The van der Waals surface area contributed by atoms with Gasteiger partial charge in [-0.2, -0.15) is 5.10 Å². The summed E-state index contributed by atoms with van der Waals surface area (Å²) in [6.07, 6.45) is 2.15. The average Bonchev–Trinajstić information content (AvgIpc) is 3.28. The van der Waals surface area contributed by atoms with Gasteiger partial charge in [0.05, 0.1) is 44.3 Å². The molecule has 0 fully saturated rings. The first-order chi connectivity index (χ1) is 19.2. The number of carbonyl (C=O) groups is 1. The van der Waals surface area contributed by atoms with Gasteiger partial charge in [-0.05, 0) is 60.7 Å². The molecule has 0 spiro atoms. The van der Waals surface area contributed by atoms with Gasteiger partial charge < -0.3 is 14.2 Å². The summed E-state index contributed by atoms with van der Waals surface area (Å²) in [5.74, 6) is 1.86. The highest BCUT2D eigenvalue weighted by Gasteiger charge is 2.19. The Morgan fingerprint density at radius 3 is 2.50 bits per heavy atom. The lowest BCUT2D eigenvalue weighted by Crippen LogP contribution is -2.17. The fraction of sp³-hybridized carbons (Fsp3) is 0.345. The van der Waals surface area contributed by atoms with Gasteiger partial charge >= 0.3 is 0 Å². The lowest BCUT2D eigenvalue weighted by atomic mass is 9.96. The Bertz CT molecular complexity index is 1510. The topological polar surface area (TPSA) is 89.1 Å². The SMILES string of the molecule is COc1ccc(Br)cc1Cc1c(C[N]C(=O)CCC(C)Cc2ccc(OC)c(OC)c2Cl)nc2ccc(Cl)nn12. The Morgan fingerprint density at radius 1 is 1.02 bits per heavy atom. The second kappa shape index (κ2) is 13.6. The maximum atomic E-state index is 12.8. The van der Waals surface area contributed by atoms with Crippen LogP contribution in [0.15, 0.2) is 46.9 Å². The quantitative estimate of drug-likeness (QED) is 0.170. The van der Waals surface area contributed by atoms with Crippen LogP contribution in [-0.4, -0.2) is 41.8 Å². The molecule has 0 bridgehead atoms. The van der Waals surface area contributed by atoms with Crippen molar-refractivity contribution in [2.24, 2.45) is 5.92 Å². The van der Waals surface area contributed by atoms with Gasteiger partial charge in [0.15, 0.2) is 17.1 Å². The van der Waals surface area contributed by atoms with Crippen molar-refractivity contribution in [3.63, 3.8) is 0 Å². The second-order valence-corrected chi connectivity index (χ2v) is 11.1. The highest BCUT2D eigenvalue weighted by molar-refractivity contribution is 9.10. The number of methoxy groups -OCH3 is 3. The molecule has 1 atom stereocenters. The monoisotopic (exact) mass is 647 g/mol. The summed E-state index contributed by atoms with van der Waals surface area (Å²) in [6, 6.07) is 13.0. The van der Waals surface area contributed by atoms with Gasteiger partial charge in [0, 0.05) is 22.9 Å². The van der Waals surface area contributed by atoms with Crippen molar-refractivity contribution >= 4 is 50.7 Å². The maximum absolute atomic E-state index is 12.8. The zero-order chi connectivity index (χ0) is 28.8. The molecule has 1 radical (unpaired) electrons. The molecule has 4 aromatic rings. The number of rotatable bonds is 12. The van der Waals surface area contributed by atoms with E-state index in [-0.39, 0.29) is 18.4 Å². The lowest BCUT2D eigenvalue weighted by Gasteiger charge is -2.16. The number of aromatic nitrogens is 3. The first-order valence-electron chi connectivity index (χ1n) is 12.7. The number of nitrogens with zero attached hydrogens (tertiary/aromatic N) is 4. The number of amides is 1. The van der Waals surface area contributed by atoms with E-state index >= 15 is 0 Å². The van der Waals surface area contributed by atoms with Gasteiger partial charge in [0.2, 0.25) is 5.91 Å². The fourth-order valence-corrected chi connectivity index (χ4v) is 5.41. The van der Waals surface area contributed by atoms with E-state index in [0.717, 1.165) is 27.0 Å². The average molecular weight is 649 g/mol. The van der Waals surface area contributed by atoms with E-state index < -0.39 is 0 Å². The van der Waals surface area contributed by atoms with Crippen molar-refractivity contribution in [1.29, 1.82) is 0 Å². The Balaban J connectivity index is 1.43. The molecule has 211 valence electrons. The molecule has 0 aliphatic carbocycles. The molecule has 1 unspecified atom stereocenters. The van der Waals surface area contributed by atoms with E-state index in [4.69, 9.17) is 42.4 Å². The minimum atomic E-state index is -0.181. The minimum Gasteiger partial charge on any atom is -0.496 e. The zero-order valence-corrected chi connectivity index (χ0v) is 25.8. The zero-order valence-electron chi connectivity index (χ0n) is 22.7. The molecule has 1 amide bonds.